The lowest BCUT2D eigenvalue weighted by atomic mass is 9.96. The fraction of sp³-hybridized carbons (Fsp3) is 0.588. The third-order valence-corrected chi connectivity index (χ3v) is 4.49. The number of benzene rings is 1. The van der Waals surface area contributed by atoms with Gasteiger partial charge in [-0.3, -0.25) is 4.79 Å². The molecular weight excluding hydrogens is 296 g/mol. The van der Waals surface area contributed by atoms with E-state index >= 15 is 0 Å². The number of hydrogen-bond acceptors (Lipinski definition) is 5. The van der Waals surface area contributed by atoms with E-state index < -0.39 is 0 Å². The molecule has 23 heavy (non-hydrogen) atoms. The van der Waals surface area contributed by atoms with Crippen molar-refractivity contribution in [3.05, 3.63) is 17.7 Å². The van der Waals surface area contributed by atoms with Crippen molar-refractivity contribution in [1.29, 1.82) is 0 Å². The Morgan fingerprint density at radius 1 is 1.35 bits per heavy atom. The number of methoxy groups -OCH3 is 1. The predicted octanol–water partition coefficient (Wildman–Crippen LogP) is 1.81. The first-order valence-corrected chi connectivity index (χ1v) is 8.16. The molecule has 0 saturated carbocycles. The van der Waals surface area contributed by atoms with Crippen molar-refractivity contribution in [2.45, 2.75) is 38.3 Å². The average Bonchev–Trinajstić information content (AvgIpc) is 2.60. The number of piperidine rings is 1. The predicted molar refractivity (Wildman–Crippen MR) is 86.3 cm³/mol. The van der Waals surface area contributed by atoms with Crippen LogP contribution in [0.5, 0.6) is 17.2 Å². The molecule has 2 N–H and O–H groups in total. The number of hydrogen-bond donors (Lipinski definition) is 1. The van der Waals surface area contributed by atoms with Crippen molar-refractivity contribution in [3.63, 3.8) is 0 Å². The summed E-state index contributed by atoms with van der Waals surface area (Å²) in [6, 6.07) is 3.50. The lowest BCUT2D eigenvalue weighted by Gasteiger charge is -2.38. The molecular formula is C17H24N2O4. The molecule has 126 valence electrons. The molecule has 2 aliphatic rings. The van der Waals surface area contributed by atoms with Gasteiger partial charge in [0.2, 0.25) is 5.75 Å². The van der Waals surface area contributed by atoms with Crippen molar-refractivity contribution < 1.29 is 19.0 Å². The number of likely N-dealkylation sites (tertiary alicyclic amines) is 1. The van der Waals surface area contributed by atoms with Gasteiger partial charge in [0.25, 0.3) is 5.91 Å². The summed E-state index contributed by atoms with van der Waals surface area (Å²) in [5.41, 5.74) is 6.63. The Bertz CT molecular complexity index is 571. The van der Waals surface area contributed by atoms with Crippen LogP contribution in [-0.4, -0.2) is 49.8 Å². The largest absolute Gasteiger partial charge is 0.493 e. The average molecular weight is 320 g/mol. The second kappa shape index (κ2) is 6.66. The van der Waals surface area contributed by atoms with E-state index in [1.807, 2.05) is 11.8 Å². The first kappa shape index (κ1) is 15.9. The molecule has 0 spiro atoms. The molecule has 2 atom stereocenters. The third kappa shape index (κ3) is 3.08. The zero-order valence-electron chi connectivity index (χ0n) is 13.7. The van der Waals surface area contributed by atoms with Crippen LogP contribution >= 0.6 is 0 Å². The van der Waals surface area contributed by atoms with Gasteiger partial charge in [0, 0.05) is 24.2 Å². The monoisotopic (exact) mass is 320 g/mol. The van der Waals surface area contributed by atoms with Gasteiger partial charge < -0.3 is 24.8 Å². The van der Waals surface area contributed by atoms with Gasteiger partial charge in [-0.2, -0.15) is 0 Å². The fourth-order valence-electron chi connectivity index (χ4n) is 3.32. The smallest absolute Gasteiger partial charge is 0.254 e. The number of carbonyl (C=O) groups excluding carboxylic acids is 1. The highest BCUT2D eigenvalue weighted by molar-refractivity contribution is 5.96. The van der Waals surface area contributed by atoms with Crippen LogP contribution in [0, 0.1) is 0 Å². The molecule has 1 fully saturated rings. The molecule has 1 aromatic carbocycles. The summed E-state index contributed by atoms with van der Waals surface area (Å²) >= 11 is 0. The van der Waals surface area contributed by atoms with Gasteiger partial charge in [0.15, 0.2) is 11.5 Å². The maximum atomic E-state index is 13.0. The van der Waals surface area contributed by atoms with E-state index in [4.69, 9.17) is 19.9 Å². The van der Waals surface area contributed by atoms with E-state index in [1.54, 1.807) is 19.2 Å². The molecule has 0 unspecified atom stereocenters. The quantitative estimate of drug-likeness (QED) is 0.919. The first-order chi connectivity index (χ1) is 11.1. The van der Waals surface area contributed by atoms with Crippen LogP contribution in [0.25, 0.3) is 0 Å². The molecule has 1 aromatic rings. The SMILES string of the molecule is COc1cc(C(=O)N2CCCC[C@H]2[C@H](C)N)cc2c1OCCO2. The molecule has 3 rings (SSSR count). The maximum Gasteiger partial charge on any atom is 0.254 e. The van der Waals surface area contributed by atoms with Crippen LogP contribution < -0.4 is 19.9 Å². The lowest BCUT2D eigenvalue weighted by molar-refractivity contribution is 0.0582. The highest BCUT2D eigenvalue weighted by Gasteiger charge is 2.31. The van der Waals surface area contributed by atoms with Crippen molar-refractivity contribution in [1.82, 2.24) is 4.90 Å². The zero-order valence-corrected chi connectivity index (χ0v) is 13.7. The normalized spacial score (nSPS) is 21.7. The topological polar surface area (TPSA) is 74.0 Å². The summed E-state index contributed by atoms with van der Waals surface area (Å²) in [6.45, 7) is 3.65. The van der Waals surface area contributed by atoms with Gasteiger partial charge in [0.1, 0.15) is 13.2 Å². The van der Waals surface area contributed by atoms with Gasteiger partial charge in [-0.05, 0) is 38.3 Å². The molecule has 1 amide bonds. The molecule has 0 bridgehead atoms. The van der Waals surface area contributed by atoms with E-state index in [1.165, 1.54) is 0 Å². The van der Waals surface area contributed by atoms with Crippen molar-refractivity contribution in [2.75, 3.05) is 26.9 Å². The minimum atomic E-state index is -0.0432. The highest BCUT2D eigenvalue weighted by Crippen LogP contribution is 2.40. The summed E-state index contributed by atoms with van der Waals surface area (Å²) in [4.78, 5) is 14.9. The number of fused-ring (bicyclic) bond motifs is 1. The number of nitrogens with two attached hydrogens (primary N) is 1. The van der Waals surface area contributed by atoms with Gasteiger partial charge in [-0.1, -0.05) is 0 Å². The van der Waals surface area contributed by atoms with Crippen LogP contribution in [-0.2, 0) is 0 Å². The summed E-state index contributed by atoms with van der Waals surface area (Å²) in [7, 11) is 1.56. The lowest BCUT2D eigenvalue weighted by Crippen LogP contribution is -2.51. The van der Waals surface area contributed by atoms with Crippen LogP contribution in [0.1, 0.15) is 36.5 Å². The Labute approximate surface area is 136 Å². The number of carbonyl (C=O) groups is 1. The Kier molecular flexibility index (Phi) is 4.61. The summed E-state index contributed by atoms with van der Waals surface area (Å²) < 4.78 is 16.6. The number of rotatable bonds is 3. The van der Waals surface area contributed by atoms with E-state index in [0.717, 1.165) is 25.8 Å². The van der Waals surface area contributed by atoms with Gasteiger partial charge in [-0.15, -0.1) is 0 Å². The van der Waals surface area contributed by atoms with E-state index in [9.17, 15) is 4.79 Å². The summed E-state index contributed by atoms with van der Waals surface area (Å²) in [5.74, 6) is 1.63. The van der Waals surface area contributed by atoms with Crippen molar-refractivity contribution in [3.8, 4) is 17.2 Å². The van der Waals surface area contributed by atoms with Crippen molar-refractivity contribution in [2.24, 2.45) is 5.73 Å². The number of ether oxygens (including phenoxy) is 3. The molecule has 1 saturated heterocycles. The minimum Gasteiger partial charge on any atom is -0.493 e. The Balaban J connectivity index is 1.92. The zero-order chi connectivity index (χ0) is 16.4. The second-order valence-corrected chi connectivity index (χ2v) is 6.12. The van der Waals surface area contributed by atoms with Crippen LogP contribution in [0.15, 0.2) is 12.1 Å². The Hall–Kier alpha value is -1.95. The number of nitrogens with zero attached hydrogens (tertiary/aromatic N) is 1. The van der Waals surface area contributed by atoms with Gasteiger partial charge in [0.05, 0.1) is 7.11 Å². The summed E-state index contributed by atoms with van der Waals surface area (Å²) in [5, 5.41) is 0. The van der Waals surface area contributed by atoms with Crippen molar-refractivity contribution >= 4 is 5.91 Å². The minimum absolute atomic E-state index is 0.0257. The Morgan fingerprint density at radius 3 is 2.87 bits per heavy atom. The first-order valence-electron chi connectivity index (χ1n) is 8.16. The van der Waals surface area contributed by atoms with Crippen LogP contribution in [0.2, 0.25) is 0 Å². The van der Waals surface area contributed by atoms with Crippen LogP contribution in [0.4, 0.5) is 0 Å². The van der Waals surface area contributed by atoms with Crippen LogP contribution in [0.3, 0.4) is 0 Å². The standard InChI is InChI=1S/C17H24N2O4/c1-11(18)13-5-3-4-6-19(13)17(20)12-9-14(21-2)16-15(10-12)22-7-8-23-16/h9-11,13H,3-8,18H2,1-2H3/t11-,13-/m0/s1. The molecule has 0 aliphatic carbocycles. The third-order valence-electron chi connectivity index (χ3n) is 4.49. The fourth-order valence-corrected chi connectivity index (χ4v) is 3.32. The molecule has 0 radical (unpaired) electrons. The molecule has 0 aromatic heterocycles. The molecule has 2 aliphatic heterocycles. The van der Waals surface area contributed by atoms with Gasteiger partial charge >= 0.3 is 0 Å². The summed E-state index contributed by atoms with van der Waals surface area (Å²) in [6.07, 6.45) is 3.07. The highest BCUT2D eigenvalue weighted by atomic mass is 16.6. The Morgan fingerprint density at radius 2 is 2.13 bits per heavy atom. The van der Waals surface area contributed by atoms with Gasteiger partial charge in [-0.25, -0.2) is 0 Å². The second-order valence-electron chi connectivity index (χ2n) is 6.12. The van der Waals surface area contributed by atoms with E-state index in [2.05, 4.69) is 0 Å². The van der Waals surface area contributed by atoms with E-state index in [-0.39, 0.29) is 18.0 Å². The van der Waals surface area contributed by atoms with E-state index in [0.29, 0.717) is 36.0 Å². The maximum absolute atomic E-state index is 13.0. The number of amides is 1. The molecule has 6 heteroatoms. The molecule has 2 heterocycles. The molecule has 6 nitrogen and oxygen atoms in total.